The average molecular weight is 342 g/mol. The molecule has 3 N–H and O–H groups in total. The highest BCUT2D eigenvalue weighted by molar-refractivity contribution is 8.14. The number of nitrogens with two attached hydrogens (primary N) is 1. The summed E-state index contributed by atoms with van der Waals surface area (Å²) < 4.78 is 5.18. The van der Waals surface area contributed by atoms with Crippen LogP contribution >= 0.6 is 23.5 Å². The lowest BCUT2D eigenvalue weighted by Crippen LogP contribution is -2.68. The van der Waals surface area contributed by atoms with E-state index < -0.39 is 12.0 Å². The minimum Gasteiger partial charge on any atom is -0.489 e. The zero-order chi connectivity index (χ0) is 15.9. The van der Waals surface area contributed by atoms with Crippen molar-refractivity contribution < 1.29 is 24.2 Å². The maximum atomic E-state index is 11.9. The predicted octanol–water partition coefficient (Wildman–Crippen LogP) is 0.131. The van der Waals surface area contributed by atoms with E-state index >= 15 is 0 Å². The van der Waals surface area contributed by atoms with Crippen molar-refractivity contribution in [2.24, 2.45) is 5.73 Å². The normalized spacial score (nSPS) is 27.0. The van der Waals surface area contributed by atoms with E-state index in [1.807, 2.05) is 0 Å². The van der Waals surface area contributed by atoms with Crippen LogP contribution in [0.1, 0.15) is 6.42 Å². The number of thioether (sulfide) groups is 2. The molecule has 0 aromatic rings. The number of carboxylic acid groups (broad SMARTS) is 1. The second-order valence-corrected chi connectivity index (χ2v) is 7.03. The van der Waals surface area contributed by atoms with Crippen molar-refractivity contribution in [3.05, 3.63) is 23.1 Å². The SMILES string of the molecule is NC1C(=O)N2C(C(=O)O)=C(CSC(=O)C3=CCCO3)CSC12. The fraction of sp³-hybridized carbons (Fsp3) is 0.462. The molecule has 0 aromatic heterocycles. The lowest BCUT2D eigenvalue weighted by atomic mass is 10.0. The number of carbonyl (C=O) groups excluding carboxylic acids is 2. The number of aliphatic carboxylic acids is 1. The van der Waals surface area contributed by atoms with Gasteiger partial charge in [-0.3, -0.25) is 14.5 Å². The average Bonchev–Trinajstić information content (AvgIpc) is 3.05. The molecule has 0 saturated carbocycles. The number of rotatable bonds is 4. The molecule has 0 aromatic carbocycles. The van der Waals surface area contributed by atoms with E-state index in [1.54, 1.807) is 6.08 Å². The molecule has 1 saturated heterocycles. The molecule has 3 aliphatic heterocycles. The number of β-lactam (4-membered cyclic amide) rings is 1. The Morgan fingerprint density at radius 1 is 1.55 bits per heavy atom. The Morgan fingerprint density at radius 2 is 2.32 bits per heavy atom. The number of hydrogen-bond donors (Lipinski definition) is 2. The van der Waals surface area contributed by atoms with Gasteiger partial charge in [-0.25, -0.2) is 4.79 Å². The third kappa shape index (κ3) is 2.53. The topological polar surface area (TPSA) is 110 Å². The Bertz CT molecular complexity index is 616. The first-order valence-corrected chi connectivity index (χ1v) is 8.70. The van der Waals surface area contributed by atoms with E-state index in [2.05, 4.69) is 0 Å². The first-order chi connectivity index (χ1) is 10.5. The van der Waals surface area contributed by atoms with Crippen molar-refractivity contribution in [2.75, 3.05) is 18.1 Å². The van der Waals surface area contributed by atoms with Gasteiger partial charge in [-0.1, -0.05) is 11.8 Å². The molecule has 0 aliphatic carbocycles. The fourth-order valence-electron chi connectivity index (χ4n) is 2.47. The quantitative estimate of drug-likeness (QED) is 0.694. The Labute approximate surface area is 134 Å². The summed E-state index contributed by atoms with van der Waals surface area (Å²) >= 11 is 2.42. The minimum absolute atomic E-state index is 0.0305. The summed E-state index contributed by atoms with van der Waals surface area (Å²) in [5.41, 5.74) is 6.21. The molecule has 0 spiro atoms. The van der Waals surface area contributed by atoms with Gasteiger partial charge in [-0.2, -0.15) is 0 Å². The molecule has 1 amide bonds. The van der Waals surface area contributed by atoms with Crippen molar-refractivity contribution in [2.45, 2.75) is 17.8 Å². The van der Waals surface area contributed by atoms with Gasteiger partial charge in [0, 0.05) is 17.9 Å². The third-order valence-electron chi connectivity index (χ3n) is 3.57. The lowest BCUT2D eigenvalue weighted by Gasteiger charge is -2.48. The number of nitrogens with zero attached hydrogens (tertiary/aromatic N) is 1. The highest BCUT2D eigenvalue weighted by Crippen LogP contribution is 2.40. The van der Waals surface area contributed by atoms with Crippen LogP contribution in [0.4, 0.5) is 0 Å². The molecule has 0 radical (unpaired) electrons. The van der Waals surface area contributed by atoms with Crippen LogP contribution in [0.5, 0.6) is 0 Å². The minimum atomic E-state index is -1.16. The fourth-order valence-corrected chi connectivity index (χ4v) is 4.73. The lowest BCUT2D eigenvalue weighted by molar-refractivity contribution is -0.147. The molecule has 0 bridgehead atoms. The smallest absolute Gasteiger partial charge is 0.352 e. The van der Waals surface area contributed by atoms with Crippen LogP contribution in [0, 0.1) is 0 Å². The van der Waals surface area contributed by atoms with Gasteiger partial charge in [0.1, 0.15) is 17.1 Å². The Morgan fingerprint density at radius 3 is 2.95 bits per heavy atom. The maximum Gasteiger partial charge on any atom is 0.352 e. The molecule has 3 rings (SSSR count). The van der Waals surface area contributed by atoms with Gasteiger partial charge in [0.2, 0.25) is 5.91 Å². The van der Waals surface area contributed by atoms with Gasteiger partial charge in [-0.15, -0.1) is 11.8 Å². The number of ether oxygens (including phenoxy) is 1. The molecule has 22 heavy (non-hydrogen) atoms. The Balaban J connectivity index is 1.74. The highest BCUT2D eigenvalue weighted by Gasteiger charge is 2.51. The molecule has 1 fully saturated rings. The van der Waals surface area contributed by atoms with E-state index in [0.717, 1.165) is 11.8 Å². The molecule has 2 atom stereocenters. The molecular weight excluding hydrogens is 328 g/mol. The molecule has 9 heteroatoms. The number of carboxylic acids is 1. The van der Waals surface area contributed by atoms with E-state index in [9.17, 15) is 19.5 Å². The van der Waals surface area contributed by atoms with Crippen molar-refractivity contribution in [3.8, 4) is 0 Å². The molecule has 3 aliphatic rings. The number of hydrogen-bond acceptors (Lipinski definition) is 7. The summed E-state index contributed by atoms with van der Waals surface area (Å²) in [5, 5.41) is 8.85. The van der Waals surface area contributed by atoms with Crippen LogP contribution in [0.2, 0.25) is 0 Å². The van der Waals surface area contributed by atoms with Crippen LogP contribution in [-0.2, 0) is 19.1 Å². The number of carbonyl (C=O) groups is 3. The number of fused-ring (bicyclic) bond motifs is 1. The highest BCUT2D eigenvalue weighted by atomic mass is 32.2. The van der Waals surface area contributed by atoms with Crippen molar-refractivity contribution in [1.82, 2.24) is 4.90 Å². The first-order valence-electron chi connectivity index (χ1n) is 6.66. The van der Waals surface area contributed by atoms with Crippen molar-refractivity contribution in [3.63, 3.8) is 0 Å². The van der Waals surface area contributed by atoms with E-state index in [-0.39, 0.29) is 27.8 Å². The predicted molar refractivity (Wildman–Crippen MR) is 81.8 cm³/mol. The second kappa shape index (κ2) is 5.98. The van der Waals surface area contributed by atoms with Gasteiger partial charge in [0.05, 0.1) is 6.61 Å². The van der Waals surface area contributed by atoms with Crippen LogP contribution in [0.25, 0.3) is 0 Å². The van der Waals surface area contributed by atoms with Gasteiger partial charge < -0.3 is 15.6 Å². The molecule has 2 unspecified atom stereocenters. The monoisotopic (exact) mass is 342 g/mol. The second-order valence-electron chi connectivity index (χ2n) is 4.97. The summed E-state index contributed by atoms with van der Waals surface area (Å²) in [7, 11) is 0. The van der Waals surface area contributed by atoms with E-state index in [4.69, 9.17) is 10.5 Å². The zero-order valence-electron chi connectivity index (χ0n) is 11.5. The van der Waals surface area contributed by atoms with Gasteiger partial charge in [0.15, 0.2) is 5.76 Å². The zero-order valence-corrected chi connectivity index (χ0v) is 13.1. The standard InChI is InChI=1S/C13H14N2O5S2/c14-8-10(16)15-9(12(17)18)6(4-21-11(8)15)5-22-13(19)7-2-1-3-20-7/h2,8,11H,1,3-5,14H2,(H,17,18). The van der Waals surface area contributed by atoms with Crippen molar-refractivity contribution >= 4 is 40.5 Å². The molecular formula is C13H14N2O5S2. The largest absolute Gasteiger partial charge is 0.489 e. The van der Waals surface area contributed by atoms with Crippen molar-refractivity contribution in [1.29, 1.82) is 0 Å². The summed E-state index contributed by atoms with van der Waals surface area (Å²) in [5.74, 6) is -0.551. The van der Waals surface area contributed by atoms with Crippen LogP contribution in [0.15, 0.2) is 23.1 Å². The van der Waals surface area contributed by atoms with E-state index in [1.165, 1.54) is 16.7 Å². The summed E-state index contributed by atoms with van der Waals surface area (Å²) in [6.07, 6.45) is 2.44. The summed E-state index contributed by atoms with van der Waals surface area (Å²) in [6.45, 7) is 0.502. The summed E-state index contributed by atoms with van der Waals surface area (Å²) in [4.78, 5) is 36.4. The summed E-state index contributed by atoms with van der Waals surface area (Å²) in [6, 6.07) is -0.646. The van der Waals surface area contributed by atoms with Crippen LogP contribution in [0.3, 0.4) is 0 Å². The molecule has 118 valence electrons. The molecule has 7 nitrogen and oxygen atoms in total. The van der Waals surface area contributed by atoms with Gasteiger partial charge in [0.25, 0.3) is 5.12 Å². The van der Waals surface area contributed by atoms with E-state index in [0.29, 0.717) is 30.1 Å². The number of amides is 1. The third-order valence-corrected chi connectivity index (χ3v) is 5.89. The van der Waals surface area contributed by atoms with Gasteiger partial charge in [-0.05, 0) is 11.6 Å². The maximum absolute atomic E-state index is 11.9. The van der Waals surface area contributed by atoms with Gasteiger partial charge >= 0.3 is 5.97 Å². The van der Waals surface area contributed by atoms with Crippen LogP contribution < -0.4 is 5.73 Å². The van der Waals surface area contributed by atoms with Crippen LogP contribution in [-0.4, -0.2) is 56.5 Å². The molecule has 3 heterocycles. The Kier molecular flexibility index (Phi) is 4.20. The Hall–Kier alpha value is -1.45. The first kappa shape index (κ1) is 15.4.